The van der Waals surface area contributed by atoms with Crippen molar-refractivity contribution in [2.75, 3.05) is 18.5 Å². The minimum Gasteiger partial charge on any atom is -0.372 e. The molecule has 76 valence electrons. The van der Waals surface area contributed by atoms with Crippen LogP contribution >= 0.6 is 0 Å². The van der Waals surface area contributed by atoms with Crippen LogP contribution in [-0.4, -0.2) is 19.1 Å². The third-order valence-electron chi connectivity index (χ3n) is 1.59. The summed E-state index contributed by atoms with van der Waals surface area (Å²) in [5, 5.41) is 2.41. The highest BCUT2D eigenvalue weighted by Crippen LogP contribution is 2.11. The zero-order valence-corrected chi connectivity index (χ0v) is 7.92. The molecular weight excluding hydrogens is 185 g/mol. The van der Waals surface area contributed by atoms with Crippen molar-refractivity contribution in [3.63, 3.8) is 0 Å². The highest BCUT2D eigenvalue weighted by molar-refractivity contribution is 5.91. The van der Waals surface area contributed by atoms with Gasteiger partial charge in [-0.3, -0.25) is 4.79 Å². The van der Waals surface area contributed by atoms with Gasteiger partial charge in [0.15, 0.2) is 0 Å². The number of hydrogen-bond acceptors (Lipinski definition) is 2. The Balaban J connectivity index is 2.52. The lowest BCUT2D eigenvalue weighted by molar-refractivity contribution is -0.120. The molecule has 4 heteroatoms. The summed E-state index contributed by atoms with van der Waals surface area (Å²) in [5.74, 6) is -0.797. The lowest BCUT2D eigenvalue weighted by Crippen LogP contribution is -2.18. The number of amides is 1. The van der Waals surface area contributed by atoms with Crippen molar-refractivity contribution in [3.8, 4) is 0 Å². The van der Waals surface area contributed by atoms with E-state index in [0.29, 0.717) is 6.61 Å². The second-order valence-corrected chi connectivity index (χ2v) is 2.67. The van der Waals surface area contributed by atoms with Gasteiger partial charge in [0, 0.05) is 6.61 Å². The Kier molecular flexibility index (Phi) is 4.07. The number of halogens is 1. The second kappa shape index (κ2) is 5.34. The van der Waals surface area contributed by atoms with Crippen LogP contribution in [-0.2, 0) is 9.53 Å². The van der Waals surface area contributed by atoms with Gasteiger partial charge in [0.1, 0.15) is 12.4 Å². The van der Waals surface area contributed by atoms with Crippen LogP contribution in [0.3, 0.4) is 0 Å². The van der Waals surface area contributed by atoms with Crippen molar-refractivity contribution in [1.29, 1.82) is 0 Å². The fraction of sp³-hybridized carbons (Fsp3) is 0.300. The number of carbonyl (C=O) groups excluding carboxylic acids is 1. The molecule has 0 atom stereocenters. The van der Waals surface area contributed by atoms with Crippen LogP contribution in [0, 0.1) is 5.82 Å². The van der Waals surface area contributed by atoms with E-state index in [1.165, 1.54) is 12.1 Å². The topological polar surface area (TPSA) is 38.3 Å². The molecule has 0 fully saturated rings. The average Bonchev–Trinajstić information content (AvgIpc) is 2.18. The number of carbonyl (C=O) groups is 1. The molecule has 0 saturated heterocycles. The Morgan fingerprint density at radius 2 is 2.21 bits per heavy atom. The molecule has 0 radical (unpaired) electrons. The molecule has 3 nitrogen and oxygen atoms in total. The number of rotatable bonds is 4. The fourth-order valence-corrected chi connectivity index (χ4v) is 0.944. The van der Waals surface area contributed by atoms with Gasteiger partial charge in [-0.25, -0.2) is 4.39 Å². The van der Waals surface area contributed by atoms with Crippen molar-refractivity contribution < 1.29 is 13.9 Å². The Morgan fingerprint density at radius 1 is 1.50 bits per heavy atom. The molecule has 1 aromatic carbocycles. The highest BCUT2D eigenvalue weighted by Gasteiger charge is 2.05. The number of benzene rings is 1. The van der Waals surface area contributed by atoms with Crippen molar-refractivity contribution >= 4 is 11.6 Å². The summed E-state index contributed by atoms with van der Waals surface area (Å²) in [7, 11) is 0. The summed E-state index contributed by atoms with van der Waals surface area (Å²) in [6.45, 7) is 2.20. The molecule has 1 amide bonds. The van der Waals surface area contributed by atoms with Crippen LogP contribution < -0.4 is 5.32 Å². The van der Waals surface area contributed by atoms with Crippen LogP contribution in [0.4, 0.5) is 10.1 Å². The van der Waals surface area contributed by atoms with Crippen LogP contribution in [0.15, 0.2) is 24.3 Å². The van der Waals surface area contributed by atoms with E-state index in [0.717, 1.165) is 0 Å². The van der Waals surface area contributed by atoms with E-state index in [-0.39, 0.29) is 18.2 Å². The lowest BCUT2D eigenvalue weighted by Gasteiger charge is -2.05. The third kappa shape index (κ3) is 3.14. The molecule has 1 rings (SSSR count). The molecule has 0 aliphatic rings. The van der Waals surface area contributed by atoms with Gasteiger partial charge >= 0.3 is 0 Å². The van der Waals surface area contributed by atoms with Crippen LogP contribution in [0.1, 0.15) is 6.92 Å². The Morgan fingerprint density at radius 3 is 2.86 bits per heavy atom. The molecule has 0 aliphatic carbocycles. The summed E-state index contributed by atoms with van der Waals surface area (Å²) in [4.78, 5) is 11.1. The van der Waals surface area contributed by atoms with E-state index in [2.05, 4.69) is 5.32 Å². The normalized spacial score (nSPS) is 9.86. The van der Waals surface area contributed by atoms with E-state index < -0.39 is 5.82 Å². The lowest BCUT2D eigenvalue weighted by atomic mass is 10.3. The molecule has 14 heavy (non-hydrogen) atoms. The van der Waals surface area contributed by atoms with Gasteiger partial charge in [0.05, 0.1) is 5.69 Å². The summed E-state index contributed by atoms with van der Waals surface area (Å²) in [5.41, 5.74) is 0.178. The molecule has 0 spiro atoms. The highest BCUT2D eigenvalue weighted by atomic mass is 19.1. The maximum atomic E-state index is 13.0. The van der Waals surface area contributed by atoms with E-state index in [9.17, 15) is 9.18 Å². The average molecular weight is 197 g/mol. The van der Waals surface area contributed by atoms with E-state index in [4.69, 9.17) is 4.74 Å². The van der Waals surface area contributed by atoms with Crippen LogP contribution in [0.2, 0.25) is 0 Å². The third-order valence-corrected chi connectivity index (χ3v) is 1.59. The van der Waals surface area contributed by atoms with E-state index >= 15 is 0 Å². The number of hydrogen-bond donors (Lipinski definition) is 1. The Bertz CT molecular complexity index is 315. The number of para-hydroxylation sites is 1. The number of nitrogens with one attached hydrogen (secondary N) is 1. The SMILES string of the molecule is CCOCC(=O)Nc1ccccc1F. The molecule has 0 aromatic heterocycles. The number of ether oxygens (including phenoxy) is 1. The first-order valence-electron chi connectivity index (χ1n) is 4.36. The van der Waals surface area contributed by atoms with Crippen molar-refractivity contribution in [2.45, 2.75) is 6.92 Å². The zero-order valence-electron chi connectivity index (χ0n) is 7.92. The van der Waals surface area contributed by atoms with Crippen molar-refractivity contribution in [2.24, 2.45) is 0 Å². The molecular formula is C10H12FNO2. The monoisotopic (exact) mass is 197 g/mol. The van der Waals surface area contributed by atoms with Crippen LogP contribution in [0.5, 0.6) is 0 Å². The smallest absolute Gasteiger partial charge is 0.250 e. The summed E-state index contributed by atoms with van der Waals surface area (Å²) < 4.78 is 17.9. The van der Waals surface area contributed by atoms with Gasteiger partial charge < -0.3 is 10.1 Å². The first-order chi connectivity index (χ1) is 6.74. The van der Waals surface area contributed by atoms with Gasteiger partial charge in [-0.15, -0.1) is 0 Å². The predicted molar refractivity (Wildman–Crippen MR) is 51.5 cm³/mol. The zero-order chi connectivity index (χ0) is 10.4. The van der Waals surface area contributed by atoms with Crippen molar-refractivity contribution in [1.82, 2.24) is 0 Å². The second-order valence-electron chi connectivity index (χ2n) is 2.67. The minimum atomic E-state index is -0.447. The maximum Gasteiger partial charge on any atom is 0.250 e. The molecule has 1 N–H and O–H groups in total. The predicted octanol–water partition coefficient (Wildman–Crippen LogP) is 1.80. The van der Waals surface area contributed by atoms with Gasteiger partial charge in [0.2, 0.25) is 5.91 Å². The van der Waals surface area contributed by atoms with Gasteiger partial charge in [-0.1, -0.05) is 12.1 Å². The molecule has 0 heterocycles. The fourth-order valence-electron chi connectivity index (χ4n) is 0.944. The number of anilines is 1. The van der Waals surface area contributed by atoms with Crippen LogP contribution in [0.25, 0.3) is 0 Å². The van der Waals surface area contributed by atoms with E-state index in [1.54, 1.807) is 19.1 Å². The molecule has 0 unspecified atom stereocenters. The minimum absolute atomic E-state index is 0.0508. The molecule has 0 saturated carbocycles. The maximum absolute atomic E-state index is 13.0. The Labute approximate surface area is 81.9 Å². The molecule has 0 aliphatic heterocycles. The van der Waals surface area contributed by atoms with Crippen molar-refractivity contribution in [3.05, 3.63) is 30.1 Å². The van der Waals surface area contributed by atoms with E-state index in [1.807, 2.05) is 0 Å². The summed E-state index contributed by atoms with van der Waals surface area (Å²) in [6.07, 6.45) is 0. The quantitative estimate of drug-likeness (QED) is 0.799. The summed E-state index contributed by atoms with van der Waals surface area (Å²) in [6, 6.07) is 6.00. The van der Waals surface area contributed by atoms with Gasteiger partial charge in [-0.05, 0) is 19.1 Å². The standard InChI is InChI=1S/C10H12FNO2/c1-2-14-7-10(13)12-9-6-4-3-5-8(9)11/h3-6H,2,7H2,1H3,(H,12,13). The first-order valence-corrected chi connectivity index (χ1v) is 4.36. The molecule has 0 bridgehead atoms. The summed E-state index contributed by atoms with van der Waals surface area (Å²) >= 11 is 0. The van der Waals surface area contributed by atoms with Gasteiger partial charge in [-0.2, -0.15) is 0 Å². The Hall–Kier alpha value is -1.42. The molecule has 1 aromatic rings. The first kappa shape index (κ1) is 10.7. The van der Waals surface area contributed by atoms with Gasteiger partial charge in [0.25, 0.3) is 0 Å². The largest absolute Gasteiger partial charge is 0.372 e.